The number of unbranched alkanes of at least 4 members (excludes halogenated alkanes) is 1. The minimum Gasteiger partial charge on any atom is -0.497 e. The number of aldehydes is 3. The molecule has 71 heavy (non-hydrogen) atoms. The number of fused-ring (bicyclic) bond motifs is 1. The summed E-state index contributed by atoms with van der Waals surface area (Å²) in [4.78, 5) is 70.6. The maximum atomic E-state index is 12.0. The van der Waals surface area contributed by atoms with Gasteiger partial charge in [-0.2, -0.15) is 0 Å². The summed E-state index contributed by atoms with van der Waals surface area (Å²) in [5.74, 6) is 2.66. The summed E-state index contributed by atoms with van der Waals surface area (Å²) < 4.78 is 42.2. The van der Waals surface area contributed by atoms with E-state index >= 15 is 0 Å². The number of thiazole rings is 1. The summed E-state index contributed by atoms with van der Waals surface area (Å²) in [6.45, 7) is 4.68. The van der Waals surface area contributed by atoms with Gasteiger partial charge in [0.1, 0.15) is 69.6 Å². The fraction of sp³-hybridized carbons (Fsp3) is 0.434. The number of methoxy groups -OCH3 is 4. The van der Waals surface area contributed by atoms with E-state index in [1.54, 1.807) is 95.2 Å². The van der Waals surface area contributed by atoms with Crippen molar-refractivity contribution in [3.63, 3.8) is 0 Å². The molecule has 18 heteroatoms. The summed E-state index contributed by atoms with van der Waals surface area (Å²) in [7, 11) is 6.49. The summed E-state index contributed by atoms with van der Waals surface area (Å²) >= 11 is 1.46. The predicted molar refractivity (Wildman–Crippen MR) is 267 cm³/mol. The van der Waals surface area contributed by atoms with Crippen molar-refractivity contribution in [2.24, 2.45) is 23.7 Å². The van der Waals surface area contributed by atoms with Crippen molar-refractivity contribution in [2.75, 3.05) is 55.1 Å². The number of rotatable bonds is 20. The van der Waals surface area contributed by atoms with Crippen LogP contribution in [0.1, 0.15) is 81.5 Å². The van der Waals surface area contributed by atoms with Gasteiger partial charge in [0.25, 0.3) is 5.69 Å². The molecule has 0 aliphatic heterocycles. The third-order valence-electron chi connectivity index (χ3n) is 11.6. The Kier molecular flexibility index (Phi) is 25.4. The van der Waals surface area contributed by atoms with Gasteiger partial charge < -0.3 is 47.5 Å². The molecule has 0 amide bonds. The number of ether oxygens (including phenoxy) is 8. The fourth-order valence-corrected chi connectivity index (χ4v) is 8.50. The van der Waals surface area contributed by atoms with Crippen molar-refractivity contribution in [3.8, 4) is 39.3 Å². The van der Waals surface area contributed by atoms with Gasteiger partial charge in [-0.3, -0.25) is 24.5 Å². The molecule has 0 saturated heterocycles. The first kappa shape index (κ1) is 57.0. The zero-order valence-electron chi connectivity index (χ0n) is 41.0. The summed E-state index contributed by atoms with van der Waals surface area (Å²) in [5.41, 5.74) is 2.14. The second kappa shape index (κ2) is 31.6. The Hall–Kier alpha value is -6.60. The molecule has 2 aliphatic carbocycles. The number of nitrogens with zero attached hydrogens (tertiary/aromatic N) is 2. The van der Waals surface area contributed by atoms with E-state index in [-0.39, 0.29) is 41.3 Å². The number of hydrogen-bond donors (Lipinski definition) is 0. The third-order valence-corrected chi connectivity index (χ3v) is 12.7. The monoisotopic (exact) mass is 1000 g/mol. The fourth-order valence-electron chi connectivity index (χ4n) is 7.43. The van der Waals surface area contributed by atoms with Gasteiger partial charge in [0.15, 0.2) is 0 Å². The largest absolute Gasteiger partial charge is 0.497 e. The highest BCUT2D eigenvalue weighted by Crippen LogP contribution is 2.40. The number of carbonyl (C=O) groups is 5. The van der Waals surface area contributed by atoms with Crippen molar-refractivity contribution < 1.29 is 66.8 Å². The minimum atomic E-state index is -0.422. The van der Waals surface area contributed by atoms with Crippen LogP contribution < -0.4 is 23.7 Å². The number of benzene rings is 4. The van der Waals surface area contributed by atoms with Gasteiger partial charge in [0, 0.05) is 62.0 Å². The first-order valence-corrected chi connectivity index (χ1v) is 24.3. The van der Waals surface area contributed by atoms with E-state index in [2.05, 4.69) is 4.98 Å². The zero-order chi connectivity index (χ0) is 51.4. The Bertz CT molecular complexity index is 2340. The molecule has 0 bridgehead atoms. The molecule has 1 aromatic heterocycles. The molecule has 2 aliphatic rings. The first-order chi connectivity index (χ1) is 34.5. The van der Waals surface area contributed by atoms with Gasteiger partial charge in [0.05, 0.1) is 38.1 Å². The molecular weight excluding hydrogens is 937 g/mol. The number of hydrogen-bond acceptors (Lipinski definition) is 17. The van der Waals surface area contributed by atoms with E-state index in [1.807, 2.05) is 13.0 Å². The Balaban J connectivity index is 0.000000211. The first-order valence-electron chi connectivity index (χ1n) is 23.4. The topological polar surface area (TPSA) is 215 Å². The summed E-state index contributed by atoms with van der Waals surface area (Å²) in [5, 5.41) is 11.5. The summed E-state index contributed by atoms with van der Waals surface area (Å²) in [6, 6.07) is 23.3. The zero-order valence-corrected chi connectivity index (χ0v) is 41.8. The van der Waals surface area contributed by atoms with Gasteiger partial charge in [-0.1, -0.05) is 0 Å². The van der Waals surface area contributed by atoms with Gasteiger partial charge in [0.2, 0.25) is 0 Å². The number of nitro benzene ring substituents is 1. The van der Waals surface area contributed by atoms with Crippen molar-refractivity contribution in [1.29, 1.82) is 0 Å². The smallest absolute Gasteiger partial charge is 0.314 e. The molecule has 0 unspecified atom stereocenters. The molecule has 0 atom stereocenters. The van der Waals surface area contributed by atoms with Gasteiger partial charge >= 0.3 is 11.9 Å². The molecule has 1 heterocycles. The average molecular weight is 1000 g/mol. The van der Waals surface area contributed by atoms with Crippen LogP contribution >= 0.6 is 11.3 Å². The molecule has 0 spiro atoms. The van der Waals surface area contributed by atoms with Crippen molar-refractivity contribution in [2.45, 2.75) is 71.1 Å². The van der Waals surface area contributed by atoms with Gasteiger partial charge in [-0.25, -0.2) is 4.98 Å². The predicted octanol–water partition coefficient (Wildman–Crippen LogP) is 10.3. The van der Waals surface area contributed by atoms with Crippen LogP contribution in [0.4, 0.5) is 5.69 Å². The van der Waals surface area contributed by atoms with Crippen molar-refractivity contribution in [1.82, 2.24) is 4.98 Å². The lowest BCUT2D eigenvalue weighted by molar-refractivity contribution is -0.384. The normalized spacial score (nSPS) is 17.0. The van der Waals surface area contributed by atoms with Crippen LogP contribution in [0.2, 0.25) is 0 Å². The van der Waals surface area contributed by atoms with Crippen LogP contribution in [0.25, 0.3) is 20.8 Å². The van der Waals surface area contributed by atoms with Crippen molar-refractivity contribution >= 4 is 58.0 Å². The number of non-ortho nitro benzene ring substituents is 1. The molecule has 0 radical (unpaired) electrons. The Morgan fingerprint density at radius 3 is 1.62 bits per heavy atom. The van der Waals surface area contributed by atoms with Crippen LogP contribution in [-0.4, -0.2) is 95.8 Å². The maximum Gasteiger partial charge on any atom is 0.314 e. The van der Waals surface area contributed by atoms with E-state index < -0.39 is 4.92 Å². The van der Waals surface area contributed by atoms with Crippen LogP contribution in [0, 0.1) is 33.8 Å². The average Bonchev–Trinajstić information content (AvgIpc) is 3.87. The second-order valence-corrected chi connectivity index (χ2v) is 17.4. The number of aromatic nitrogens is 1. The quantitative estimate of drug-likeness (QED) is 0.0135. The number of esters is 2. The molecule has 5 aromatic rings. The molecule has 0 N–H and O–H groups in total. The SMILES string of the molecule is CCOCOCCCCOC.COc1ccc(OC(=O)C2CCC(C=O)CC2)cc1.COc1ccc(OC)c2sc(-c3ccc([N+](=O)[O-])cc3)nc12.O=Cc1ccc(OC(=O)C2CCC(C=O)CC2)cc1. The highest BCUT2D eigenvalue weighted by molar-refractivity contribution is 7.22. The lowest BCUT2D eigenvalue weighted by Crippen LogP contribution is -2.26. The number of nitro groups is 1. The van der Waals surface area contributed by atoms with Gasteiger partial charge in [-0.15, -0.1) is 11.3 Å². The molecule has 2 fully saturated rings. The second-order valence-electron chi connectivity index (χ2n) is 16.4. The molecule has 2 saturated carbocycles. The lowest BCUT2D eigenvalue weighted by Gasteiger charge is -2.23. The van der Waals surface area contributed by atoms with Crippen molar-refractivity contribution in [3.05, 3.63) is 101 Å². The molecule has 7 rings (SSSR count). The maximum absolute atomic E-state index is 12.0. The molecule has 17 nitrogen and oxygen atoms in total. The van der Waals surface area contributed by atoms with Crippen LogP contribution in [0.15, 0.2) is 84.9 Å². The van der Waals surface area contributed by atoms with E-state index in [4.69, 9.17) is 37.9 Å². The highest BCUT2D eigenvalue weighted by Gasteiger charge is 2.29. The van der Waals surface area contributed by atoms with Gasteiger partial charge in [-0.05, 0) is 144 Å². The van der Waals surface area contributed by atoms with E-state index in [9.17, 15) is 34.1 Å². The van der Waals surface area contributed by atoms with E-state index in [1.165, 1.54) is 23.5 Å². The lowest BCUT2D eigenvalue weighted by atomic mass is 9.83. The highest BCUT2D eigenvalue weighted by atomic mass is 32.1. The third kappa shape index (κ3) is 18.9. The Morgan fingerprint density at radius 2 is 1.15 bits per heavy atom. The minimum absolute atomic E-state index is 0.0556. The Morgan fingerprint density at radius 1 is 0.648 bits per heavy atom. The van der Waals surface area contributed by atoms with E-state index in [0.717, 1.165) is 122 Å². The van der Waals surface area contributed by atoms with E-state index in [0.29, 0.717) is 42.4 Å². The Labute approximate surface area is 418 Å². The molecular formula is C53H64N2O15S. The number of carbonyl (C=O) groups excluding carboxylic acids is 5. The van der Waals surface area contributed by atoms with Crippen LogP contribution in [-0.2, 0) is 33.4 Å². The van der Waals surface area contributed by atoms with Crippen LogP contribution in [0.3, 0.4) is 0 Å². The summed E-state index contributed by atoms with van der Waals surface area (Å²) in [6.07, 6.45) is 10.8. The molecule has 4 aromatic carbocycles. The standard InChI is InChI=1S/C15H12N2O4S.C15H16O4.C15H18O4.C8H18O3/c1-20-11-7-8-12(21-2)14-13(11)16-15(22-14)9-3-5-10(6-4-9)17(18)19;16-9-11-1-5-13(6-2-11)15(18)19-14-7-3-12(10-17)4-8-14;1-18-13-6-8-14(9-7-13)19-15(17)12-4-2-11(10-16)3-5-12;1-3-10-8-11-7-5-4-6-9-2/h3-8H,1-2H3;3-4,7-11,13H,1-2,5-6H2;6-12H,2-5H2,1H3;3-8H2,1-2H3. The van der Waals surface area contributed by atoms with Crippen LogP contribution in [0.5, 0.6) is 28.7 Å². The molecule has 382 valence electrons.